The molecule has 0 aromatic heterocycles. The molecule has 1 aliphatic heterocycles. The zero-order valence-corrected chi connectivity index (χ0v) is 28.2. The average molecular weight is 663 g/mol. The second-order valence-electron chi connectivity index (χ2n) is 12.1. The largest absolute Gasteiger partial charge is 0.364 e. The van der Waals surface area contributed by atoms with Crippen molar-refractivity contribution >= 4 is 40.1 Å². The number of nitrogens with zero attached hydrogens (tertiary/aromatic N) is 4. The maximum atomic E-state index is 12.5. The molecule has 0 amide bonds. The average Bonchev–Trinajstić information content (AvgIpc) is 3.16. The van der Waals surface area contributed by atoms with Gasteiger partial charge in [-0.1, -0.05) is 39.0 Å². The highest BCUT2D eigenvalue weighted by molar-refractivity contribution is 6.31. The maximum Gasteiger partial charge on any atom is 0.269 e. The molecular formula is C36H43ClN4O6. The molecule has 0 bridgehead atoms. The number of halogens is 1. The molecule has 0 spiro atoms. The van der Waals surface area contributed by atoms with Crippen molar-refractivity contribution in [2.75, 3.05) is 13.1 Å². The summed E-state index contributed by atoms with van der Waals surface area (Å²) in [6, 6.07) is 9.37. The molecule has 2 aliphatic carbocycles. The fourth-order valence-corrected chi connectivity index (χ4v) is 6.88. The predicted molar refractivity (Wildman–Crippen MR) is 184 cm³/mol. The molecular weight excluding hydrogens is 620 g/mol. The van der Waals surface area contributed by atoms with E-state index in [2.05, 4.69) is 32.3 Å². The van der Waals surface area contributed by atoms with Gasteiger partial charge in [0.15, 0.2) is 11.6 Å². The standard InChI is InChI=1S/C18H23ClN2O3.C18H20N2O3/c1-3-10-20(18-13(4-2)6-5-7-17(18)22)12-14-11-15(21(23)24)8-9-16(14)19;1-3-9-19-11-13-10-14(20(22)23)7-8-15(13)12(2)16-5-4-6-17(21)18(16)19/h8-9,11H,3-7,10,12H2,1-2H3;7-8,10H,2-6,9,11H2,1H3. The van der Waals surface area contributed by atoms with Crippen LogP contribution in [0.3, 0.4) is 0 Å². The number of rotatable bonds is 10. The van der Waals surface area contributed by atoms with Crippen molar-refractivity contribution in [2.24, 2.45) is 0 Å². The van der Waals surface area contributed by atoms with E-state index in [1.165, 1.54) is 23.8 Å². The summed E-state index contributed by atoms with van der Waals surface area (Å²) >= 11 is 6.24. The van der Waals surface area contributed by atoms with Gasteiger partial charge in [0.1, 0.15) is 0 Å². The number of carbonyl (C=O) groups excluding carboxylic acids is 2. The van der Waals surface area contributed by atoms with Gasteiger partial charge in [-0.05, 0) is 90.5 Å². The third kappa shape index (κ3) is 8.16. The molecule has 10 nitrogen and oxygen atoms in total. The van der Waals surface area contributed by atoms with Gasteiger partial charge in [0.2, 0.25) is 0 Å². The SMILES string of the molecule is C=C1C2=C(C(=O)CCC2)N(CCC)Cc2cc([N+](=O)[O-])ccc21.CCCN(Cc1cc([N+](=O)[O-])ccc1Cl)C1=C(CC)CCCC1=O. The van der Waals surface area contributed by atoms with Crippen LogP contribution in [0, 0.1) is 20.2 Å². The van der Waals surface area contributed by atoms with Crippen LogP contribution in [0.25, 0.3) is 5.57 Å². The highest BCUT2D eigenvalue weighted by Crippen LogP contribution is 2.40. The molecule has 47 heavy (non-hydrogen) atoms. The van der Waals surface area contributed by atoms with E-state index in [-0.39, 0.29) is 27.9 Å². The Labute approximate surface area is 281 Å². The van der Waals surface area contributed by atoms with E-state index < -0.39 is 4.92 Å². The number of allylic oxidation sites excluding steroid dienone is 5. The lowest BCUT2D eigenvalue weighted by molar-refractivity contribution is -0.385. The Bertz CT molecular complexity index is 1650. The van der Waals surface area contributed by atoms with Gasteiger partial charge in [0, 0.05) is 68.3 Å². The van der Waals surface area contributed by atoms with Crippen LogP contribution < -0.4 is 0 Å². The van der Waals surface area contributed by atoms with Gasteiger partial charge in [-0.25, -0.2) is 0 Å². The Hall–Kier alpha value is -4.31. The normalized spacial score (nSPS) is 16.3. The Morgan fingerprint density at radius 3 is 2.21 bits per heavy atom. The first kappa shape index (κ1) is 35.5. The number of non-ortho nitro benzene ring substituents is 2. The molecule has 250 valence electrons. The first-order chi connectivity index (χ1) is 22.5. The number of Topliss-reactive ketones (excluding diaryl/α,β-unsaturated/α-hetero) is 2. The van der Waals surface area contributed by atoms with Crippen LogP contribution in [0.15, 0.2) is 65.5 Å². The molecule has 1 heterocycles. The first-order valence-electron chi connectivity index (χ1n) is 16.4. The van der Waals surface area contributed by atoms with Gasteiger partial charge in [0.05, 0.1) is 21.2 Å². The minimum absolute atomic E-state index is 0.0190. The first-order valence-corrected chi connectivity index (χ1v) is 16.8. The summed E-state index contributed by atoms with van der Waals surface area (Å²) in [6.45, 7) is 12.8. The molecule has 0 saturated heterocycles. The highest BCUT2D eigenvalue weighted by atomic mass is 35.5. The van der Waals surface area contributed by atoms with Crippen LogP contribution in [0.2, 0.25) is 5.02 Å². The summed E-state index contributed by atoms with van der Waals surface area (Å²) in [4.78, 5) is 50.4. The topological polar surface area (TPSA) is 127 Å². The van der Waals surface area contributed by atoms with Crippen molar-refractivity contribution in [2.45, 2.75) is 91.6 Å². The number of nitro benzene ring substituents is 2. The molecule has 0 radical (unpaired) electrons. The summed E-state index contributed by atoms with van der Waals surface area (Å²) in [5.74, 6) is 0.344. The van der Waals surface area contributed by atoms with E-state index in [0.29, 0.717) is 36.5 Å². The molecule has 0 fully saturated rings. The molecule has 2 aromatic carbocycles. The van der Waals surface area contributed by atoms with Crippen molar-refractivity contribution in [1.29, 1.82) is 0 Å². The Morgan fingerprint density at radius 1 is 0.894 bits per heavy atom. The fourth-order valence-electron chi connectivity index (χ4n) is 6.70. The van der Waals surface area contributed by atoms with Gasteiger partial charge in [0.25, 0.3) is 11.4 Å². The monoisotopic (exact) mass is 662 g/mol. The predicted octanol–water partition coefficient (Wildman–Crippen LogP) is 8.72. The van der Waals surface area contributed by atoms with Crippen LogP contribution in [-0.4, -0.2) is 44.3 Å². The summed E-state index contributed by atoms with van der Waals surface area (Å²) < 4.78 is 0. The number of carbonyl (C=O) groups is 2. The molecule has 11 heteroatoms. The van der Waals surface area contributed by atoms with Crippen molar-refractivity contribution in [3.63, 3.8) is 0 Å². The molecule has 0 unspecified atom stereocenters. The van der Waals surface area contributed by atoms with Crippen molar-refractivity contribution in [3.8, 4) is 0 Å². The van der Waals surface area contributed by atoms with E-state index in [1.807, 2.05) is 4.90 Å². The third-order valence-corrected chi connectivity index (χ3v) is 9.23. The van der Waals surface area contributed by atoms with E-state index >= 15 is 0 Å². The smallest absolute Gasteiger partial charge is 0.269 e. The number of benzene rings is 2. The van der Waals surface area contributed by atoms with Crippen LogP contribution in [0.5, 0.6) is 0 Å². The molecule has 0 atom stereocenters. The second kappa shape index (κ2) is 16.0. The van der Waals surface area contributed by atoms with Crippen molar-refractivity contribution in [1.82, 2.24) is 9.80 Å². The number of ketones is 2. The summed E-state index contributed by atoms with van der Waals surface area (Å²) in [5.41, 5.74) is 7.21. The van der Waals surface area contributed by atoms with Gasteiger partial charge < -0.3 is 9.80 Å². The second-order valence-corrected chi connectivity index (χ2v) is 12.5. The van der Waals surface area contributed by atoms with Gasteiger partial charge in [-0.3, -0.25) is 29.8 Å². The summed E-state index contributed by atoms with van der Waals surface area (Å²) in [6.07, 6.45) is 7.34. The molecule has 5 rings (SSSR count). The number of nitro groups is 2. The van der Waals surface area contributed by atoms with E-state index in [4.69, 9.17) is 11.6 Å². The lowest BCUT2D eigenvalue weighted by Gasteiger charge is -2.31. The van der Waals surface area contributed by atoms with E-state index in [0.717, 1.165) is 91.7 Å². The van der Waals surface area contributed by atoms with Crippen LogP contribution in [-0.2, 0) is 22.7 Å². The van der Waals surface area contributed by atoms with Gasteiger partial charge in [-0.15, -0.1) is 0 Å². The Balaban J connectivity index is 0.000000213. The Morgan fingerprint density at radius 2 is 1.55 bits per heavy atom. The van der Waals surface area contributed by atoms with Crippen LogP contribution in [0.1, 0.15) is 95.2 Å². The lowest BCUT2D eigenvalue weighted by atomic mass is 9.87. The van der Waals surface area contributed by atoms with Gasteiger partial charge >= 0.3 is 0 Å². The Kier molecular flexibility index (Phi) is 12.1. The zero-order valence-electron chi connectivity index (χ0n) is 27.5. The number of fused-ring (bicyclic) bond motifs is 1. The molecule has 3 aliphatic rings. The quantitative estimate of drug-likeness (QED) is 0.183. The summed E-state index contributed by atoms with van der Waals surface area (Å²) in [5, 5.41) is 22.6. The van der Waals surface area contributed by atoms with Crippen molar-refractivity contribution < 1.29 is 19.4 Å². The maximum absolute atomic E-state index is 12.5. The number of hydrogen-bond acceptors (Lipinski definition) is 8. The zero-order chi connectivity index (χ0) is 34.2. The van der Waals surface area contributed by atoms with E-state index in [1.54, 1.807) is 18.2 Å². The summed E-state index contributed by atoms with van der Waals surface area (Å²) in [7, 11) is 0. The molecule has 0 saturated carbocycles. The van der Waals surface area contributed by atoms with Crippen LogP contribution >= 0.6 is 11.6 Å². The minimum Gasteiger partial charge on any atom is -0.364 e. The van der Waals surface area contributed by atoms with E-state index in [9.17, 15) is 29.8 Å². The minimum atomic E-state index is -0.424. The van der Waals surface area contributed by atoms with Crippen molar-refractivity contribution in [3.05, 3.63) is 107 Å². The fraction of sp³-hybridized carbons (Fsp3) is 0.444. The molecule has 2 aromatic rings. The lowest BCUT2D eigenvalue weighted by Crippen LogP contribution is -2.31. The third-order valence-electron chi connectivity index (χ3n) is 8.86. The van der Waals surface area contributed by atoms with Gasteiger partial charge in [-0.2, -0.15) is 0 Å². The number of hydrogen-bond donors (Lipinski definition) is 0. The molecule has 0 N–H and O–H groups in total. The van der Waals surface area contributed by atoms with Crippen LogP contribution in [0.4, 0.5) is 11.4 Å². The highest BCUT2D eigenvalue weighted by Gasteiger charge is 2.31.